The monoisotopic (exact) mass is 407 g/mol. The number of ether oxygens (including phenoxy) is 1. The summed E-state index contributed by atoms with van der Waals surface area (Å²) in [6, 6.07) is 7.17. The summed E-state index contributed by atoms with van der Waals surface area (Å²) in [4.78, 5) is 0. The van der Waals surface area contributed by atoms with Crippen LogP contribution in [0, 0.1) is 11.7 Å². The lowest BCUT2D eigenvalue weighted by atomic mass is 9.85. The van der Waals surface area contributed by atoms with E-state index in [0.717, 1.165) is 18.4 Å². The van der Waals surface area contributed by atoms with Crippen molar-refractivity contribution >= 4 is 5.65 Å². The van der Waals surface area contributed by atoms with Crippen LogP contribution in [0.1, 0.15) is 43.6 Å². The number of halogens is 4. The maximum atomic E-state index is 13.8. The predicted molar refractivity (Wildman–Crippen MR) is 99.3 cm³/mol. The highest BCUT2D eigenvalue weighted by molar-refractivity contribution is 5.56. The summed E-state index contributed by atoms with van der Waals surface area (Å²) in [6.45, 7) is 3.65. The second kappa shape index (κ2) is 7.00. The summed E-state index contributed by atoms with van der Waals surface area (Å²) in [5.74, 6) is 0.352. The van der Waals surface area contributed by atoms with Crippen LogP contribution in [-0.4, -0.2) is 21.2 Å². The molecule has 0 bridgehead atoms. The second-order valence-electron chi connectivity index (χ2n) is 8.19. The van der Waals surface area contributed by atoms with Gasteiger partial charge in [0.05, 0.1) is 6.61 Å². The molecule has 4 rings (SSSR count). The minimum Gasteiger partial charge on any atom is -0.492 e. The fraction of sp³-hybridized carbons (Fsp3) is 0.429. The molecule has 0 unspecified atom stereocenters. The third-order valence-corrected chi connectivity index (χ3v) is 5.28. The van der Waals surface area contributed by atoms with Gasteiger partial charge in [-0.25, -0.2) is 4.39 Å². The largest absolute Gasteiger partial charge is 0.492 e. The molecule has 0 aliphatic heterocycles. The number of benzene rings is 1. The Morgan fingerprint density at radius 1 is 1.07 bits per heavy atom. The molecular formula is C21H21F4N3O. The molecule has 1 aliphatic rings. The standard InChI is InChI=1S/C21H21F4N3O/c1-20(2,14-5-7-15(22)8-6-14)12-29-16-9-10-28-17(11-13-3-4-13)26-27-19(28)18(16)21(23,24)25/h5-10,13H,3-4,11-12H2,1-2H3. The average molecular weight is 407 g/mol. The molecule has 0 spiro atoms. The van der Waals surface area contributed by atoms with Crippen LogP contribution in [0.15, 0.2) is 36.5 Å². The number of nitrogens with zero attached hydrogens (tertiary/aromatic N) is 3. The molecule has 1 fully saturated rings. The number of hydrogen-bond donors (Lipinski definition) is 0. The van der Waals surface area contributed by atoms with Gasteiger partial charge in [-0.1, -0.05) is 26.0 Å². The summed E-state index contributed by atoms with van der Waals surface area (Å²) in [5, 5.41) is 7.79. The molecule has 0 radical (unpaired) electrons. The van der Waals surface area contributed by atoms with Gasteiger partial charge in [-0.3, -0.25) is 4.40 Å². The minimum atomic E-state index is -4.64. The van der Waals surface area contributed by atoms with Gasteiger partial charge in [0.1, 0.15) is 23.0 Å². The van der Waals surface area contributed by atoms with Crippen molar-refractivity contribution in [3.8, 4) is 5.75 Å². The Hall–Kier alpha value is -2.64. The van der Waals surface area contributed by atoms with Crippen LogP contribution in [0.25, 0.3) is 5.65 Å². The molecule has 8 heteroatoms. The van der Waals surface area contributed by atoms with Crippen LogP contribution in [-0.2, 0) is 18.0 Å². The Kier molecular flexibility index (Phi) is 4.75. The zero-order valence-electron chi connectivity index (χ0n) is 16.1. The fourth-order valence-corrected chi connectivity index (χ4v) is 3.34. The minimum absolute atomic E-state index is 0.0129. The topological polar surface area (TPSA) is 39.4 Å². The molecule has 1 saturated carbocycles. The lowest BCUT2D eigenvalue weighted by Gasteiger charge is -2.26. The highest BCUT2D eigenvalue weighted by atomic mass is 19.4. The van der Waals surface area contributed by atoms with Gasteiger partial charge in [-0.2, -0.15) is 13.2 Å². The molecule has 0 N–H and O–H groups in total. The number of fused-ring (bicyclic) bond motifs is 1. The van der Waals surface area contributed by atoms with Gasteiger partial charge in [0.2, 0.25) is 0 Å². The van der Waals surface area contributed by atoms with Crippen LogP contribution in [0.5, 0.6) is 5.75 Å². The molecule has 0 saturated heterocycles. The third kappa shape index (κ3) is 4.06. The van der Waals surface area contributed by atoms with Gasteiger partial charge in [0.15, 0.2) is 5.65 Å². The first-order valence-corrected chi connectivity index (χ1v) is 9.48. The maximum absolute atomic E-state index is 13.8. The SMILES string of the molecule is CC(C)(COc1ccn2c(CC3CC3)nnc2c1C(F)(F)F)c1ccc(F)cc1. The molecule has 29 heavy (non-hydrogen) atoms. The molecule has 2 aromatic heterocycles. The molecule has 0 atom stereocenters. The Labute approximate surface area is 165 Å². The number of pyridine rings is 1. The molecule has 1 aromatic carbocycles. The van der Waals surface area contributed by atoms with Crippen LogP contribution >= 0.6 is 0 Å². The Morgan fingerprint density at radius 3 is 2.38 bits per heavy atom. The quantitative estimate of drug-likeness (QED) is 0.528. The zero-order chi connectivity index (χ0) is 20.8. The number of alkyl halides is 3. The first-order chi connectivity index (χ1) is 13.6. The third-order valence-electron chi connectivity index (χ3n) is 5.28. The molecule has 154 valence electrons. The van der Waals surface area contributed by atoms with Crippen molar-refractivity contribution < 1.29 is 22.3 Å². The number of hydrogen-bond acceptors (Lipinski definition) is 3. The van der Waals surface area contributed by atoms with Crippen molar-refractivity contribution in [2.24, 2.45) is 5.92 Å². The van der Waals surface area contributed by atoms with E-state index in [1.807, 2.05) is 13.8 Å². The van der Waals surface area contributed by atoms with Crippen molar-refractivity contribution in [2.45, 2.75) is 44.7 Å². The van der Waals surface area contributed by atoms with Gasteiger partial charge in [-0.15, -0.1) is 10.2 Å². The van der Waals surface area contributed by atoms with Crippen LogP contribution in [0.3, 0.4) is 0 Å². The van der Waals surface area contributed by atoms with Gasteiger partial charge in [0.25, 0.3) is 0 Å². The molecule has 1 aliphatic carbocycles. The Morgan fingerprint density at radius 2 is 1.76 bits per heavy atom. The normalized spacial score (nSPS) is 15.1. The Balaban J connectivity index is 1.65. The summed E-state index contributed by atoms with van der Waals surface area (Å²) < 4.78 is 61.7. The van der Waals surface area contributed by atoms with Crippen molar-refractivity contribution in [2.75, 3.05) is 6.61 Å². The van der Waals surface area contributed by atoms with Crippen molar-refractivity contribution in [3.63, 3.8) is 0 Å². The smallest absolute Gasteiger partial charge is 0.423 e. The summed E-state index contributed by atoms with van der Waals surface area (Å²) in [6.07, 6.45) is -0.345. The fourth-order valence-electron chi connectivity index (χ4n) is 3.34. The van der Waals surface area contributed by atoms with Crippen LogP contribution in [0.4, 0.5) is 17.6 Å². The first-order valence-electron chi connectivity index (χ1n) is 9.48. The molecule has 0 amide bonds. The number of rotatable bonds is 6. The van der Waals surface area contributed by atoms with Crippen molar-refractivity contribution in [1.29, 1.82) is 0 Å². The summed E-state index contributed by atoms with van der Waals surface area (Å²) in [5.41, 5.74) is -1.02. The summed E-state index contributed by atoms with van der Waals surface area (Å²) in [7, 11) is 0. The summed E-state index contributed by atoms with van der Waals surface area (Å²) >= 11 is 0. The Bertz CT molecular complexity index is 1020. The van der Waals surface area contributed by atoms with E-state index >= 15 is 0 Å². The highest BCUT2D eigenvalue weighted by Crippen LogP contribution is 2.40. The number of aromatic nitrogens is 3. The van der Waals surface area contributed by atoms with Crippen LogP contribution in [0.2, 0.25) is 0 Å². The van der Waals surface area contributed by atoms with Gasteiger partial charge in [-0.05, 0) is 42.5 Å². The molecular weight excluding hydrogens is 386 g/mol. The average Bonchev–Trinajstić information content (AvgIpc) is 3.38. The van der Waals surface area contributed by atoms with Gasteiger partial charge in [0, 0.05) is 18.0 Å². The van der Waals surface area contributed by atoms with E-state index in [1.165, 1.54) is 28.8 Å². The highest BCUT2D eigenvalue weighted by Gasteiger charge is 2.39. The van der Waals surface area contributed by atoms with Gasteiger partial charge < -0.3 is 4.74 Å². The van der Waals surface area contributed by atoms with E-state index in [4.69, 9.17) is 4.74 Å². The van der Waals surface area contributed by atoms with Crippen molar-refractivity contribution in [3.05, 3.63) is 59.3 Å². The predicted octanol–water partition coefficient (Wildman–Crippen LogP) is 5.20. The molecule has 3 aromatic rings. The maximum Gasteiger partial charge on any atom is 0.423 e. The molecule has 4 nitrogen and oxygen atoms in total. The molecule has 2 heterocycles. The second-order valence-corrected chi connectivity index (χ2v) is 8.19. The lowest BCUT2D eigenvalue weighted by molar-refractivity contribution is -0.138. The van der Waals surface area contributed by atoms with E-state index in [1.54, 1.807) is 12.1 Å². The van der Waals surface area contributed by atoms with Crippen molar-refractivity contribution in [1.82, 2.24) is 14.6 Å². The van der Waals surface area contributed by atoms with E-state index in [0.29, 0.717) is 18.2 Å². The van der Waals surface area contributed by atoms with E-state index < -0.39 is 17.2 Å². The van der Waals surface area contributed by atoms with E-state index in [9.17, 15) is 17.6 Å². The van der Waals surface area contributed by atoms with E-state index in [-0.39, 0.29) is 23.8 Å². The first kappa shape index (κ1) is 19.7. The van der Waals surface area contributed by atoms with Gasteiger partial charge >= 0.3 is 6.18 Å². The zero-order valence-corrected chi connectivity index (χ0v) is 16.1. The van der Waals surface area contributed by atoms with E-state index in [2.05, 4.69) is 10.2 Å². The lowest BCUT2D eigenvalue weighted by Crippen LogP contribution is -2.27. The van der Waals surface area contributed by atoms with Crippen LogP contribution < -0.4 is 4.74 Å².